The van der Waals surface area contributed by atoms with Crippen molar-refractivity contribution in [3.05, 3.63) is 84.3 Å². The van der Waals surface area contributed by atoms with Crippen LogP contribution >= 0.6 is 0 Å². The normalized spacial score (nSPS) is 15.7. The molecule has 194 valence electrons. The molecule has 12 heteroatoms. The van der Waals surface area contributed by atoms with Gasteiger partial charge in [-0.3, -0.25) is 4.68 Å². The standard InChI is InChI=1S/C26H26F2N10/c1-26(29,21-4-3-20(27)10-22(21)28)19-12-30-25(31-13-19)37-7-5-36(6-8-37)24-23-9-17(15-38(23)34-16-32-24)18-11-33-35(2)14-18/h3-4,9-16H,5-8,29H2,1-2H3/t26-/m1/s1. The minimum atomic E-state index is -1.21. The van der Waals surface area contributed by atoms with Gasteiger partial charge in [0.25, 0.3) is 0 Å². The van der Waals surface area contributed by atoms with Gasteiger partial charge in [0.15, 0.2) is 5.82 Å². The molecule has 5 heterocycles. The highest BCUT2D eigenvalue weighted by molar-refractivity contribution is 5.77. The van der Waals surface area contributed by atoms with Crippen molar-refractivity contribution in [2.24, 2.45) is 12.8 Å². The molecule has 0 amide bonds. The van der Waals surface area contributed by atoms with Gasteiger partial charge in [-0.25, -0.2) is 28.2 Å². The summed E-state index contributed by atoms with van der Waals surface area (Å²) in [5.74, 6) is 0.0791. The number of nitrogens with two attached hydrogens (primary N) is 1. The topological polar surface area (TPSA) is 106 Å². The van der Waals surface area contributed by atoms with Crippen LogP contribution < -0.4 is 15.5 Å². The van der Waals surface area contributed by atoms with Gasteiger partial charge in [0, 0.05) is 86.3 Å². The maximum absolute atomic E-state index is 14.4. The molecule has 5 aromatic rings. The largest absolute Gasteiger partial charge is 0.351 e. The summed E-state index contributed by atoms with van der Waals surface area (Å²) in [6, 6.07) is 5.45. The highest BCUT2D eigenvalue weighted by Gasteiger charge is 2.29. The molecule has 0 radical (unpaired) electrons. The second kappa shape index (κ2) is 9.14. The first kappa shape index (κ1) is 23.9. The molecule has 1 saturated heterocycles. The SMILES string of the molecule is Cn1cc(-c2cc3c(N4CCN(c5ncc([C@@](C)(N)c6ccc(F)cc6F)cn5)CC4)ncnn3c2)cn1. The summed E-state index contributed by atoms with van der Waals surface area (Å²) < 4.78 is 31.3. The third kappa shape index (κ3) is 4.22. The van der Waals surface area contributed by atoms with Crippen molar-refractivity contribution in [3.63, 3.8) is 0 Å². The molecule has 0 bridgehead atoms. The van der Waals surface area contributed by atoms with Crippen LogP contribution in [0.25, 0.3) is 16.6 Å². The zero-order valence-electron chi connectivity index (χ0n) is 21.0. The Morgan fingerprint density at radius 2 is 1.61 bits per heavy atom. The molecule has 38 heavy (non-hydrogen) atoms. The lowest BCUT2D eigenvalue weighted by atomic mass is 9.87. The molecular weight excluding hydrogens is 490 g/mol. The van der Waals surface area contributed by atoms with Crippen LogP contribution in [0.15, 0.2) is 61.6 Å². The zero-order valence-corrected chi connectivity index (χ0v) is 21.0. The van der Waals surface area contributed by atoms with E-state index in [0.29, 0.717) is 24.6 Å². The highest BCUT2D eigenvalue weighted by atomic mass is 19.1. The van der Waals surface area contributed by atoms with Gasteiger partial charge in [-0.15, -0.1) is 0 Å². The summed E-state index contributed by atoms with van der Waals surface area (Å²) in [6.45, 7) is 4.49. The predicted octanol–water partition coefficient (Wildman–Crippen LogP) is 2.75. The van der Waals surface area contributed by atoms with Crippen LogP contribution in [-0.2, 0) is 12.6 Å². The summed E-state index contributed by atoms with van der Waals surface area (Å²) in [5.41, 5.74) is 8.90. The van der Waals surface area contributed by atoms with Crippen molar-refractivity contribution in [2.45, 2.75) is 12.5 Å². The van der Waals surface area contributed by atoms with Crippen LogP contribution in [0, 0.1) is 11.6 Å². The molecule has 1 atom stereocenters. The van der Waals surface area contributed by atoms with E-state index in [1.165, 1.54) is 12.1 Å². The van der Waals surface area contributed by atoms with Crippen LogP contribution in [0.2, 0.25) is 0 Å². The van der Waals surface area contributed by atoms with Gasteiger partial charge >= 0.3 is 0 Å². The van der Waals surface area contributed by atoms with Gasteiger partial charge in [-0.05, 0) is 19.1 Å². The second-order valence-electron chi connectivity index (χ2n) is 9.62. The number of piperazine rings is 1. The van der Waals surface area contributed by atoms with Crippen LogP contribution in [0.1, 0.15) is 18.1 Å². The van der Waals surface area contributed by atoms with E-state index < -0.39 is 17.2 Å². The molecule has 0 aliphatic carbocycles. The molecule has 1 fully saturated rings. The van der Waals surface area contributed by atoms with E-state index in [9.17, 15) is 8.78 Å². The number of hydrogen-bond donors (Lipinski definition) is 1. The number of benzene rings is 1. The second-order valence-corrected chi connectivity index (χ2v) is 9.62. The number of hydrogen-bond acceptors (Lipinski definition) is 8. The van der Waals surface area contributed by atoms with E-state index >= 15 is 0 Å². The predicted molar refractivity (Wildman–Crippen MR) is 139 cm³/mol. The highest BCUT2D eigenvalue weighted by Crippen LogP contribution is 2.30. The monoisotopic (exact) mass is 516 g/mol. The maximum atomic E-state index is 14.4. The smallest absolute Gasteiger partial charge is 0.225 e. The third-order valence-electron chi connectivity index (χ3n) is 7.01. The zero-order chi connectivity index (χ0) is 26.4. The first-order valence-electron chi connectivity index (χ1n) is 12.2. The van der Waals surface area contributed by atoms with E-state index in [0.717, 1.165) is 41.6 Å². The lowest BCUT2D eigenvalue weighted by Gasteiger charge is -2.35. The van der Waals surface area contributed by atoms with Gasteiger partial charge in [0.05, 0.1) is 11.7 Å². The number of rotatable bonds is 5. The fourth-order valence-corrected chi connectivity index (χ4v) is 4.83. The Morgan fingerprint density at radius 3 is 2.29 bits per heavy atom. The summed E-state index contributed by atoms with van der Waals surface area (Å²) in [4.78, 5) is 17.9. The minimum Gasteiger partial charge on any atom is -0.351 e. The van der Waals surface area contributed by atoms with Gasteiger partial charge < -0.3 is 15.5 Å². The Morgan fingerprint density at radius 1 is 0.868 bits per heavy atom. The Bertz CT molecular complexity index is 1600. The molecule has 0 saturated carbocycles. The lowest BCUT2D eigenvalue weighted by Crippen LogP contribution is -2.47. The van der Waals surface area contributed by atoms with Crippen molar-refractivity contribution in [3.8, 4) is 11.1 Å². The molecule has 2 N–H and O–H groups in total. The fourth-order valence-electron chi connectivity index (χ4n) is 4.83. The molecule has 1 aliphatic rings. The van der Waals surface area contributed by atoms with Crippen LogP contribution in [0.3, 0.4) is 0 Å². The average molecular weight is 517 g/mol. The van der Waals surface area contributed by atoms with E-state index in [2.05, 4.69) is 41.0 Å². The third-order valence-corrected chi connectivity index (χ3v) is 7.01. The maximum Gasteiger partial charge on any atom is 0.225 e. The summed E-state index contributed by atoms with van der Waals surface area (Å²) in [7, 11) is 1.89. The molecule has 1 aliphatic heterocycles. The van der Waals surface area contributed by atoms with Gasteiger partial charge in [-0.2, -0.15) is 10.2 Å². The van der Waals surface area contributed by atoms with E-state index in [1.807, 2.05) is 30.2 Å². The first-order chi connectivity index (χ1) is 18.3. The van der Waals surface area contributed by atoms with Crippen molar-refractivity contribution < 1.29 is 8.78 Å². The van der Waals surface area contributed by atoms with Crippen molar-refractivity contribution in [1.82, 2.24) is 34.3 Å². The first-order valence-corrected chi connectivity index (χ1v) is 12.2. The van der Waals surface area contributed by atoms with Gasteiger partial charge in [0.2, 0.25) is 5.95 Å². The number of aromatic nitrogens is 7. The van der Waals surface area contributed by atoms with Crippen molar-refractivity contribution in [1.29, 1.82) is 0 Å². The molecule has 0 spiro atoms. The molecule has 10 nitrogen and oxygen atoms in total. The van der Waals surface area contributed by atoms with Crippen molar-refractivity contribution in [2.75, 3.05) is 36.0 Å². The Kier molecular flexibility index (Phi) is 5.75. The molecule has 0 unspecified atom stereocenters. The molecule has 6 rings (SSSR count). The number of halogens is 2. The minimum absolute atomic E-state index is 0.178. The molecule has 4 aromatic heterocycles. The number of fused-ring (bicyclic) bond motifs is 1. The van der Waals surface area contributed by atoms with Crippen LogP contribution in [0.5, 0.6) is 0 Å². The Labute approximate surface area is 217 Å². The summed E-state index contributed by atoms with van der Waals surface area (Å²) >= 11 is 0. The summed E-state index contributed by atoms with van der Waals surface area (Å²) in [5, 5.41) is 8.64. The number of nitrogens with zero attached hydrogens (tertiary/aromatic N) is 9. The van der Waals surface area contributed by atoms with Gasteiger partial charge in [0.1, 0.15) is 23.5 Å². The lowest BCUT2D eigenvalue weighted by molar-refractivity contribution is 0.515. The quantitative estimate of drug-likeness (QED) is 0.380. The summed E-state index contributed by atoms with van der Waals surface area (Å²) in [6.07, 6.45) is 10.5. The molecule has 1 aromatic carbocycles. The van der Waals surface area contributed by atoms with Gasteiger partial charge in [-0.1, -0.05) is 6.07 Å². The van der Waals surface area contributed by atoms with Crippen LogP contribution in [0.4, 0.5) is 20.5 Å². The van der Waals surface area contributed by atoms with Crippen LogP contribution in [-0.4, -0.2) is 60.5 Å². The Balaban J connectivity index is 1.17. The van der Waals surface area contributed by atoms with Crippen molar-refractivity contribution >= 4 is 17.3 Å². The molecular formula is C26H26F2N10. The van der Waals surface area contributed by atoms with E-state index in [4.69, 9.17) is 5.73 Å². The van der Waals surface area contributed by atoms with E-state index in [1.54, 1.807) is 30.3 Å². The fraction of sp³-hybridized carbons (Fsp3) is 0.269. The Hall–Kier alpha value is -4.45. The average Bonchev–Trinajstić information content (AvgIpc) is 3.55. The number of aryl methyl sites for hydroxylation is 1. The number of anilines is 2. The van der Waals surface area contributed by atoms with E-state index in [-0.39, 0.29) is 5.56 Å².